The van der Waals surface area contributed by atoms with Gasteiger partial charge in [-0.2, -0.15) is 0 Å². The molecule has 9 aromatic rings. The van der Waals surface area contributed by atoms with Crippen molar-refractivity contribution in [3.05, 3.63) is 144 Å². The Morgan fingerprint density at radius 3 is 1.55 bits per heavy atom. The summed E-state index contributed by atoms with van der Waals surface area (Å²) in [6.07, 6.45) is 0. The summed E-state index contributed by atoms with van der Waals surface area (Å²) in [6, 6.07) is 45.4. The van der Waals surface area contributed by atoms with Gasteiger partial charge in [-0.3, -0.25) is 0 Å². The predicted molar refractivity (Wildman–Crippen MR) is 213 cm³/mol. The number of benzene rings is 7. The SMILES string of the molecule is Cc1nc2ccc(-c3cccc4c(-c5cccc6c5C(C)(C)c5ccccc5-6)c5cccc(-c6ccc7nc(C)n(C)c7c6)c5cc34)cc2n1C. The molecule has 0 saturated heterocycles. The Kier molecular flexibility index (Phi) is 6.15. The molecule has 0 fully saturated rings. The van der Waals surface area contributed by atoms with Crippen LogP contribution in [0.3, 0.4) is 0 Å². The van der Waals surface area contributed by atoms with E-state index in [2.05, 4.69) is 172 Å². The highest BCUT2D eigenvalue weighted by Gasteiger charge is 2.37. The first kappa shape index (κ1) is 29.9. The minimum atomic E-state index is -0.156. The lowest BCUT2D eigenvalue weighted by Crippen LogP contribution is -2.16. The van der Waals surface area contributed by atoms with Crippen LogP contribution in [0, 0.1) is 13.8 Å². The van der Waals surface area contributed by atoms with Gasteiger partial charge in [0.2, 0.25) is 0 Å². The zero-order valence-corrected chi connectivity index (χ0v) is 29.8. The van der Waals surface area contributed by atoms with Crippen LogP contribution in [0.2, 0.25) is 0 Å². The normalized spacial score (nSPS) is 13.5. The fourth-order valence-electron chi connectivity index (χ4n) is 8.97. The van der Waals surface area contributed by atoms with Gasteiger partial charge < -0.3 is 9.13 Å². The third-order valence-electron chi connectivity index (χ3n) is 11.7. The molecule has 4 nitrogen and oxygen atoms in total. The maximum Gasteiger partial charge on any atom is 0.106 e. The van der Waals surface area contributed by atoms with Crippen molar-refractivity contribution in [2.45, 2.75) is 33.1 Å². The van der Waals surface area contributed by atoms with Gasteiger partial charge in [0.1, 0.15) is 11.6 Å². The van der Waals surface area contributed by atoms with Crippen LogP contribution < -0.4 is 0 Å². The molecule has 0 atom stereocenters. The summed E-state index contributed by atoms with van der Waals surface area (Å²) in [5, 5.41) is 5.01. The van der Waals surface area contributed by atoms with Crippen LogP contribution in [-0.2, 0) is 19.5 Å². The number of aryl methyl sites for hydroxylation is 4. The predicted octanol–water partition coefficient (Wildman–Crippen LogP) is 11.7. The number of hydrogen-bond acceptors (Lipinski definition) is 2. The summed E-state index contributed by atoms with van der Waals surface area (Å²) in [5.74, 6) is 2.03. The van der Waals surface area contributed by atoms with Gasteiger partial charge in [0.05, 0.1) is 22.1 Å². The van der Waals surface area contributed by atoms with E-state index < -0.39 is 0 Å². The van der Waals surface area contributed by atoms with Crippen LogP contribution in [0.15, 0.2) is 121 Å². The molecule has 2 heterocycles. The minimum absolute atomic E-state index is 0.156. The van der Waals surface area contributed by atoms with Crippen molar-refractivity contribution in [3.8, 4) is 44.5 Å². The summed E-state index contributed by atoms with van der Waals surface area (Å²) in [6.45, 7) is 8.92. The van der Waals surface area contributed by atoms with E-state index in [9.17, 15) is 0 Å². The molecule has 51 heavy (non-hydrogen) atoms. The molecule has 1 aliphatic carbocycles. The van der Waals surface area contributed by atoms with Gasteiger partial charge in [0.15, 0.2) is 0 Å². The van der Waals surface area contributed by atoms with Gasteiger partial charge in [0.25, 0.3) is 0 Å². The van der Waals surface area contributed by atoms with Crippen molar-refractivity contribution in [1.82, 2.24) is 19.1 Å². The Morgan fingerprint density at radius 1 is 0.471 bits per heavy atom. The number of imidazole rings is 2. The fourth-order valence-corrected chi connectivity index (χ4v) is 8.97. The summed E-state index contributed by atoms with van der Waals surface area (Å²) in [7, 11) is 4.21. The molecule has 246 valence electrons. The molecular weight excluding hydrogens is 621 g/mol. The van der Waals surface area contributed by atoms with Gasteiger partial charge in [-0.05, 0) is 121 Å². The smallest absolute Gasteiger partial charge is 0.106 e. The van der Waals surface area contributed by atoms with Crippen LogP contribution in [-0.4, -0.2) is 19.1 Å². The fraction of sp³-hybridized carbons (Fsp3) is 0.149. The van der Waals surface area contributed by atoms with Crippen LogP contribution in [0.4, 0.5) is 0 Å². The highest BCUT2D eigenvalue weighted by molar-refractivity contribution is 6.20. The lowest BCUT2D eigenvalue weighted by atomic mass is 9.77. The Balaban J connectivity index is 1.33. The zero-order valence-electron chi connectivity index (χ0n) is 29.8. The molecule has 0 N–H and O–H groups in total. The summed E-state index contributed by atoms with van der Waals surface area (Å²) in [4.78, 5) is 9.60. The number of hydrogen-bond donors (Lipinski definition) is 0. The van der Waals surface area contributed by atoms with Crippen molar-refractivity contribution < 1.29 is 0 Å². The highest BCUT2D eigenvalue weighted by atomic mass is 15.1. The molecule has 0 radical (unpaired) electrons. The van der Waals surface area contributed by atoms with Crippen molar-refractivity contribution >= 4 is 43.6 Å². The second-order valence-corrected chi connectivity index (χ2v) is 14.8. The molecule has 2 aromatic heterocycles. The van der Waals surface area contributed by atoms with Crippen LogP contribution in [0.25, 0.3) is 88.1 Å². The summed E-state index contributed by atoms with van der Waals surface area (Å²) in [5.41, 5.74) is 17.0. The third-order valence-corrected chi connectivity index (χ3v) is 11.7. The molecule has 1 aliphatic rings. The largest absolute Gasteiger partial charge is 0.331 e. The quantitative estimate of drug-likeness (QED) is 0.177. The molecule has 4 heteroatoms. The molecule has 0 bridgehead atoms. The van der Waals surface area contributed by atoms with Crippen LogP contribution in [0.1, 0.15) is 36.6 Å². The Morgan fingerprint density at radius 2 is 0.961 bits per heavy atom. The molecule has 0 unspecified atom stereocenters. The van der Waals surface area contributed by atoms with E-state index in [0.29, 0.717) is 0 Å². The first-order valence-electron chi connectivity index (χ1n) is 17.8. The summed E-state index contributed by atoms with van der Waals surface area (Å²) >= 11 is 0. The number of nitrogens with zero attached hydrogens (tertiary/aromatic N) is 4. The van der Waals surface area contributed by atoms with Crippen molar-refractivity contribution in [2.75, 3.05) is 0 Å². The van der Waals surface area contributed by atoms with Gasteiger partial charge in [-0.15, -0.1) is 0 Å². The standard InChI is InChI=1S/C47H38N4/c1-27-48-41-22-20-29(24-43(41)50(27)5)31-13-9-15-34-38(31)26-39-32(30-21-23-42-44(25-30)51(6)28(2)49-42)14-10-16-35(39)45(34)37-18-11-17-36-33-12-7-8-19-40(33)47(3,4)46(36)37/h7-26H,1-6H3. The second kappa shape index (κ2) is 10.5. The molecule has 0 amide bonds. The maximum absolute atomic E-state index is 4.80. The number of rotatable bonds is 3. The number of aromatic nitrogens is 4. The Labute approximate surface area is 297 Å². The minimum Gasteiger partial charge on any atom is -0.331 e. The highest BCUT2D eigenvalue weighted by Crippen LogP contribution is 2.54. The van der Waals surface area contributed by atoms with Crippen molar-refractivity contribution in [2.24, 2.45) is 14.1 Å². The maximum atomic E-state index is 4.80. The van der Waals surface area contributed by atoms with E-state index in [0.717, 1.165) is 33.7 Å². The average molecular weight is 659 g/mol. The Bertz CT molecular complexity index is 2790. The monoisotopic (exact) mass is 658 g/mol. The molecule has 7 aromatic carbocycles. The van der Waals surface area contributed by atoms with E-state index in [1.165, 1.54) is 77.2 Å². The topological polar surface area (TPSA) is 35.6 Å². The molecule has 0 saturated carbocycles. The lowest BCUT2D eigenvalue weighted by Gasteiger charge is -2.26. The van der Waals surface area contributed by atoms with Gasteiger partial charge in [0, 0.05) is 19.5 Å². The second-order valence-electron chi connectivity index (χ2n) is 14.8. The zero-order chi connectivity index (χ0) is 34.8. The van der Waals surface area contributed by atoms with E-state index in [1.807, 2.05) is 0 Å². The van der Waals surface area contributed by atoms with Gasteiger partial charge in [-0.1, -0.05) is 105 Å². The first-order valence-corrected chi connectivity index (χ1v) is 17.8. The lowest BCUT2D eigenvalue weighted by molar-refractivity contribution is 0.662. The van der Waals surface area contributed by atoms with Gasteiger partial charge >= 0.3 is 0 Å². The molecule has 0 spiro atoms. The van der Waals surface area contributed by atoms with Crippen LogP contribution >= 0.6 is 0 Å². The molecule has 0 aliphatic heterocycles. The van der Waals surface area contributed by atoms with Crippen LogP contribution in [0.5, 0.6) is 0 Å². The molecule has 10 rings (SSSR count). The number of fused-ring (bicyclic) bond motifs is 7. The van der Waals surface area contributed by atoms with E-state index in [4.69, 9.17) is 9.97 Å². The van der Waals surface area contributed by atoms with Gasteiger partial charge in [-0.25, -0.2) is 9.97 Å². The molecular formula is C47H38N4. The third kappa shape index (κ3) is 4.14. The van der Waals surface area contributed by atoms with E-state index >= 15 is 0 Å². The van der Waals surface area contributed by atoms with E-state index in [-0.39, 0.29) is 5.41 Å². The summed E-state index contributed by atoms with van der Waals surface area (Å²) < 4.78 is 4.37. The average Bonchev–Trinajstić information content (AvgIpc) is 3.70. The van der Waals surface area contributed by atoms with Crippen molar-refractivity contribution in [3.63, 3.8) is 0 Å². The van der Waals surface area contributed by atoms with Crippen molar-refractivity contribution in [1.29, 1.82) is 0 Å². The Hall–Kier alpha value is -6.00. The first-order chi connectivity index (χ1) is 24.7. The van der Waals surface area contributed by atoms with E-state index in [1.54, 1.807) is 0 Å².